The van der Waals surface area contributed by atoms with Gasteiger partial charge in [-0.1, -0.05) is 0 Å². The van der Waals surface area contributed by atoms with Gasteiger partial charge < -0.3 is 4.74 Å². The van der Waals surface area contributed by atoms with Crippen LogP contribution < -0.4 is 0 Å². The summed E-state index contributed by atoms with van der Waals surface area (Å²) >= 11 is 0. The standard InChI is InChI=1S/C7H6F10O/c1-3(18-2,4(8,9)6(12,13)14)5(10,11)7(15,16)17/h1-2H3. The molecule has 0 saturated carbocycles. The molecule has 18 heavy (non-hydrogen) atoms. The molecule has 0 bridgehead atoms. The minimum atomic E-state index is -6.63. The van der Waals surface area contributed by atoms with Crippen LogP contribution in [-0.4, -0.2) is 36.9 Å². The molecule has 0 N–H and O–H groups in total. The highest BCUT2D eigenvalue weighted by Gasteiger charge is 2.83. The normalized spacial score (nSPS) is 16.0. The van der Waals surface area contributed by atoms with Crippen molar-refractivity contribution in [3.63, 3.8) is 0 Å². The Kier molecular flexibility index (Phi) is 3.97. The van der Waals surface area contributed by atoms with E-state index in [-0.39, 0.29) is 7.11 Å². The Labute approximate surface area is 93.7 Å². The topological polar surface area (TPSA) is 9.23 Å². The van der Waals surface area contributed by atoms with Crippen LogP contribution >= 0.6 is 0 Å². The molecule has 0 fully saturated rings. The molecule has 0 aliphatic heterocycles. The van der Waals surface area contributed by atoms with Crippen LogP contribution in [0.15, 0.2) is 0 Å². The van der Waals surface area contributed by atoms with Crippen molar-refractivity contribution in [2.75, 3.05) is 7.11 Å². The first-order chi connectivity index (χ1) is 7.56. The molecule has 0 aliphatic carbocycles. The third-order valence-corrected chi connectivity index (χ3v) is 2.32. The van der Waals surface area contributed by atoms with Crippen molar-refractivity contribution in [3.8, 4) is 0 Å². The van der Waals surface area contributed by atoms with E-state index in [1.165, 1.54) is 0 Å². The lowest BCUT2D eigenvalue weighted by Gasteiger charge is -2.42. The summed E-state index contributed by atoms with van der Waals surface area (Å²) in [6, 6.07) is 0. The van der Waals surface area contributed by atoms with Crippen LogP contribution in [-0.2, 0) is 4.74 Å². The summed E-state index contributed by atoms with van der Waals surface area (Å²) in [5, 5.41) is 0. The van der Waals surface area contributed by atoms with E-state index in [1.807, 2.05) is 0 Å². The highest BCUT2D eigenvalue weighted by molar-refractivity contribution is 5.08. The van der Waals surface area contributed by atoms with Gasteiger partial charge >= 0.3 is 24.2 Å². The zero-order valence-electron chi connectivity index (χ0n) is 8.69. The Morgan fingerprint density at radius 1 is 0.611 bits per heavy atom. The fourth-order valence-electron chi connectivity index (χ4n) is 0.994. The molecule has 1 nitrogen and oxygen atoms in total. The molecule has 0 aromatic heterocycles. The van der Waals surface area contributed by atoms with E-state index in [1.54, 1.807) is 0 Å². The Bertz CT molecular complexity index is 274. The highest BCUT2D eigenvalue weighted by Crippen LogP contribution is 2.56. The third kappa shape index (κ3) is 2.12. The van der Waals surface area contributed by atoms with E-state index in [2.05, 4.69) is 4.74 Å². The molecule has 0 saturated heterocycles. The van der Waals surface area contributed by atoms with Crippen LogP contribution in [0, 0.1) is 0 Å². The molecule has 0 rings (SSSR count). The molecule has 0 heterocycles. The van der Waals surface area contributed by atoms with Gasteiger partial charge in [0.25, 0.3) is 0 Å². The summed E-state index contributed by atoms with van der Waals surface area (Å²) in [7, 11) is -0.0979. The predicted octanol–water partition coefficient (Wildman–Crippen LogP) is 3.79. The van der Waals surface area contributed by atoms with Crippen LogP contribution in [0.3, 0.4) is 0 Å². The molecule has 0 aliphatic rings. The van der Waals surface area contributed by atoms with Crippen molar-refractivity contribution >= 4 is 0 Å². The number of halogens is 10. The summed E-state index contributed by atoms with van der Waals surface area (Å²) in [4.78, 5) is 0. The van der Waals surface area contributed by atoms with Crippen LogP contribution in [0.1, 0.15) is 6.92 Å². The molecular formula is C7H6F10O. The summed E-state index contributed by atoms with van der Waals surface area (Å²) in [6.07, 6.45) is -13.3. The Morgan fingerprint density at radius 3 is 0.944 bits per heavy atom. The zero-order valence-corrected chi connectivity index (χ0v) is 8.69. The second-order valence-electron chi connectivity index (χ2n) is 3.38. The van der Waals surface area contributed by atoms with Crippen LogP contribution in [0.5, 0.6) is 0 Å². The lowest BCUT2D eigenvalue weighted by Crippen LogP contribution is -2.69. The quantitative estimate of drug-likeness (QED) is 0.720. The molecule has 110 valence electrons. The van der Waals surface area contributed by atoms with Gasteiger partial charge in [0, 0.05) is 7.11 Å². The van der Waals surface area contributed by atoms with E-state index >= 15 is 0 Å². The Balaban J connectivity index is 5.96. The third-order valence-electron chi connectivity index (χ3n) is 2.32. The first-order valence-electron chi connectivity index (χ1n) is 4.00. The Hall–Kier alpha value is -0.740. The summed E-state index contributed by atoms with van der Waals surface area (Å²) in [5.74, 6) is -12.8. The lowest BCUT2D eigenvalue weighted by molar-refractivity contribution is -0.422. The van der Waals surface area contributed by atoms with Gasteiger partial charge in [-0.25, -0.2) is 0 Å². The van der Waals surface area contributed by atoms with Crippen molar-refractivity contribution in [3.05, 3.63) is 0 Å². The fourth-order valence-corrected chi connectivity index (χ4v) is 0.994. The van der Waals surface area contributed by atoms with E-state index in [4.69, 9.17) is 0 Å². The second-order valence-corrected chi connectivity index (χ2v) is 3.38. The maximum Gasteiger partial charge on any atom is 0.456 e. The van der Waals surface area contributed by atoms with Crippen molar-refractivity contribution in [2.45, 2.75) is 36.7 Å². The van der Waals surface area contributed by atoms with Crippen molar-refractivity contribution in [1.82, 2.24) is 0 Å². The lowest BCUT2D eigenvalue weighted by atomic mass is 9.89. The summed E-state index contributed by atoms with van der Waals surface area (Å²) < 4.78 is 126. The number of hydrogen-bond acceptors (Lipinski definition) is 1. The molecule has 0 spiro atoms. The molecule has 0 radical (unpaired) electrons. The Morgan fingerprint density at radius 2 is 0.833 bits per heavy atom. The van der Waals surface area contributed by atoms with Crippen LogP contribution in [0.25, 0.3) is 0 Å². The SMILES string of the molecule is COC(C)(C(F)(F)C(F)(F)F)C(F)(F)C(F)(F)F. The maximum atomic E-state index is 12.8. The van der Waals surface area contributed by atoms with Gasteiger partial charge in [-0.15, -0.1) is 0 Å². The number of rotatable bonds is 3. The summed E-state index contributed by atoms with van der Waals surface area (Å²) in [6.45, 7) is -0.659. The molecule has 0 amide bonds. The van der Waals surface area contributed by atoms with E-state index in [0.29, 0.717) is 0 Å². The van der Waals surface area contributed by atoms with Gasteiger partial charge in [0.15, 0.2) is 0 Å². The highest BCUT2D eigenvalue weighted by atomic mass is 19.4. The largest absolute Gasteiger partial charge is 0.456 e. The minimum Gasteiger partial charge on any atom is -0.366 e. The number of methoxy groups -OCH3 is 1. The number of ether oxygens (including phenoxy) is 1. The maximum absolute atomic E-state index is 12.8. The van der Waals surface area contributed by atoms with Crippen LogP contribution in [0.4, 0.5) is 43.9 Å². The minimum absolute atomic E-state index is 0.0979. The average molecular weight is 296 g/mol. The van der Waals surface area contributed by atoms with Crippen molar-refractivity contribution in [2.24, 2.45) is 0 Å². The van der Waals surface area contributed by atoms with E-state index in [0.717, 1.165) is 0 Å². The average Bonchev–Trinajstić information content (AvgIpc) is 2.12. The van der Waals surface area contributed by atoms with Gasteiger partial charge in [0.2, 0.25) is 5.60 Å². The fraction of sp³-hybridized carbons (Fsp3) is 1.00. The first kappa shape index (κ1) is 17.3. The number of alkyl halides is 10. The van der Waals surface area contributed by atoms with Gasteiger partial charge in [-0.3, -0.25) is 0 Å². The van der Waals surface area contributed by atoms with Gasteiger partial charge in [0.1, 0.15) is 0 Å². The van der Waals surface area contributed by atoms with Gasteiger partial charge in [-0.2, -0.15) is 43.9 Å². The summed E-state index contributed by atoms with van der Waals surface area (Å²) in [5.41, 5.74) is -5.11. The molecule has 0 aromatic rings. The molecule has 0 unspecified atom stereocenters. The number of hydrogen-bond donors (Lipinski definition) is 0. The second kappa shape index (κ2) is 4.14. The smallest absolute Gasteiger partial charge is 0.366 e. The van der Waals surface area contributed by atoms with Gasteiger partial charge in [0.05, 0.1) is 0 Å². The molecule has 11 heteroatoms. The van der Waals surface area contributed by atoms with Gasteiger partial charge in [-0.05, 0) is 6.92 Å². The van der Waals surface area contributed by atoms with E-state index in [9.17, 15) is 43.9 Å². The van der Waals surface area contributed by atoms with E-state index < -0.39 is 36.7 Å². The monoisotopic (exact) mass is 296 g/mol. The van der Waals surface area contributed by atoms with Crippen LogP contribution in [0.2, 0.25) is 0 Å². The first-order valence-corrected chi connectivity index (χ1v) is 4.00. The predicted molar refractivity (Wildman–Crippen MR) is 37.4 cm³/mol. The molecule has 0 atom stereocenters. The molecule has 0 aromatic carbocycles. The zero-order chi connectivity index (χ0) is 15.2. The van der Waals surface area contributed by atoms with Crippen molar-refractivity contribution < 1.29 is 48.6 Å². The van der Waals surface area contributed by atoms with Crippen molar-refractivity contribution in [1.29, 1.82) is 0 Å². The molecular weight excluding hydrogens is 290 g/mol.